The van der Waals surface area contributed by atoms with Gasteiger partial charge in [-0.15, -0.1) is 0 Å². The Morgan fingerprint density at radius 3 is 2.78 bits per heavy atom. The minimum atomic E-state index is 0.709. The number of rotatable bonds is 4. The lowest BCUT2D eigenvalue weighted by Crippen LogP contribution is -2.08. The van der Waals surface area contributed by atoms with Crippen molar-refractivity contribution in [3.63, 3.8) is 0 Å². The van der Waals surface area contributed by atoms with Crippen LogP contribution >= 0.6 is 11.6 Å². The second kappa shape index (κ2) is 6.20. The fourth-order valence-corrected chi connectivity index (χ4v) is 3.33. The molecule has 0 atom stereocenters. The first-order valence-corrected chi connectivity index (χ1v) is 8.42. The van der Waals surface area contributed by atoms with E-state index in [1.54, 1.807) is 6.33 Å². The highest BCUT2D eigenvalue weighted by molar-refractivity contribution is 6.30. The van der Waals surface area contributed by atoms with Crippen molar-refractivity contribution >= 4 is 28.5 Å². The molecule has 5 heteroatoms. The van der Waals surface area contributed by atoms with Crippen LogP contribution in [0.5, 0.6) is 0 Å². The smallest absolute Gasteiger partial charge is 0.231 e. The summed E-state index contributed by atoms with van der Waals surface area (Å²) in [6.07, 6.45) is 6.96. The molecule has 4 rings (SSSR count). The van der Waals surface area contributed by atoms with Crippen LogP contribution in [0.4, 0.5) is 5.82 Å². The average Bonchev–Trinajstić information content (AvgIpc) is 2.96. The van der Waals surface area contributed by atoms with Crippen LogP contribution in [0.1, 0.15) is 29.7 Å². The molecule has 1 aliphatic carbocycles. The number of aromatic nitrogens is 2. The third kappa shape index (κ3) is 2.91. The van der Waals surface area contributed by atoms with Crippen molar-refractivity contribution in [1.82, 2.24) is 9.97 Å². The molecule has 0 aliphatic heterocycles. The van der Waals surface area contributed by atoms with Crippen LogP contribution in [0.15, 0.2) is 35.0 Å². The topological polar surface area (TPSA) is 51.0 Å². The summed E-state index contributed by atoms with van der Waals surface area (Å²) in [4.78, 5) is 8.72. The van der Waals surface area contributed by atoms with Crippen molar-refractivity contribution in [2.75, 3.05) is 11.9 Å². The molecule has 0 fully saturated rings. The number of fused-ring (bicyclic) bond motifs is 3. The van der Waals surface area contributed by atoms with Gasteiger partial charge in [-0.2, -0.15) is 0 Å². The van der Waals surface area contributed by atoms with Crippen molar-refractivity contribution in [3.8, 4) is 0 Å². The Hall–Kier alpha value is -2.07. The van der Waals surface area contributed by atoms with E-state index in [0.717, 1.165) is 47.8 Å². The van der Waals surface area contributed by atoms with Crippen LogP contribution in [0.2, 0.25) is 5.02 Å². The molecule has 1 aliphatic rings. The molecule has 2 heterocycles. The number of halogens is 1. The maximum Gasteiger partial charge on any atom is 0.231 e. The molecule has 0 spiro atoms. The monoisotopic (exact) mass is 327 g/mol. The molecule has 0 radical (unpaired) electrons. The molecule has 0 saturated carbocycles. The molecular weight excluding hydrogens is 310 g/mol. The molecule has 0 unspecified atom stereocenters. The largest absolute Gasteiger partial charge is 0.442 e. The number of hydrogen-bond acceptors (Lipinski definition) is 4. The van der Waals surface area contributed by atoms with Crippen LogP contribution in [-0.2, 0) is 19.3 Å². The Morgan fingerprint density at radius 2 is 1.91 bits per heavy atom. The van der Waals surface area contributed by atoms with Crippen LogP contribution in [0.25, 0.3) is 11.1 Å². The van der Waals surface area contributed by atoms with Gasteiger partial charge in [-0.25, -0.2) is 9.97 Å². The number of nitrogens with zero attached hydrogens (tertiary/aromatic N) is 2. The van der Waals surface area contributed by atoms with Crippen molar-refractivity contribution in [2.45, 2.75) is 32.1 Å². The molecule has 0 saturated heterocycles. The fourth-order valence-electron chi connectivity index (χ4n) is 3.20. The van der Waals surface area contributed by atoms with Gasteiger partial charge in [-0.3, -0.25) is 0 Å². The lowest BCUT2D eigenvalue weighted by atomic mass is 9.96. The third-order valence-electron chi connectivity index (χ3n) is 4.37. The molecule has 23 heavy (non-hydrogen) atoms. The summed E-state index contributed by atoms with van der Waals surface area (Å²) in [6.45, 7) is 0.813. The lowest BCUT2D eigenvalue weighted by molar-refractivity contribution is 0.499. The number of anilines is 1. The summed E-state index contributed by atoms with van der Waals surface area (Å²) < 4.78 is 5.90. The van der Waals surface area contributed by atoms with Gasteiger partial charge < -0.3 is 9.73 Å². The van der Waals surface area contributed by atoms with Crippen LogP contribution in [0.3, 0.4) is 0 Å². The van der Waals surface area contributed by atoms with E-state index in [2.05, 4.69) is 27.4 Å². The molecule has 2 aromatic heterocycles. The first-order valence-electron chi connectivity index (χ1n) is 8.05. The molecular formula is C18H18ClN3O. The Labute approximate surface area is 139 Å². The number of hydrogen-bond donors (Lipinski definition) is 1. The Kier molecular flexibility index (Phi) is 3.92. The highest BCUT2D eigenvalue weighted by Crippen LogP contribution is 2.34. The van der Waals surface area contributed by atoms with E-state index in [4.69, 9.17) is 16.0 Å². The Morgan fingerprint density at radius 1 is 1.09 bits per heavy atom. The van der Waals surface area contributed by atoms with Gasteiger partial charge in [0.2, 0.25) is 5.71 Å². The van der Waals surface area contributed by atoms with Gasteiger partial charge in [0.15, 0.2) is 0 Å². The predicted octanol–water partition coefficient (Wildman–Crippen LogP) is 4.41. The van der Waals surface area contributed by atoms with E-state index in [1.165, 1.54) is 24.0 Å². The minimum Gasteiger partial charge on any atom is -0.442 e. The molecule has 0 amide bonds. The normalized spacial score (nSPS) is 14.0. The summed E-state index contributed by atoms with van der Waals surface area (Å²) in [5.74, 6) is 1.98. The summed E-state index contributed by atoms with van der Waals surface area (Å²) >= 11 is 5.92. The van der Waals surface area contributed by atoms with E-state index in [0.29, 0.717) is 5.71 Å². The van der Waals surface area contributed by atoms with Crippen LogP contribution in [0, 0.1) is 0 Å². The summed E-state index contributed by atoms with van der Waals surface area (Å²) in [5, 5.41) is 5.28. The first kappa shape index (κ1) is 14.5. The number of benzene rings is 1. The quantitative estimate of drug-likeness (QED) is 0.771. The van der Waals surface area contributed by atoms with Gasteiger partial charge in [0.05, 0.1) is 5.39 Å². The zero-order valence-corrected chi connectivity index (χ0v) is 13.6. The van der Waals surface area contributed by atoms with Crippen LogP contribution < -0.4 is 5.32 Å². The predicted molar refractivity (Wildman–Crippen MR) is 92.1 cm³/mol. The van der Waals surface area contributed by atoms with Gasteiger partial charge in [-0.05, 0) is 43.4 Å². The highest BCUT2D eigenvalue weighted by Gasteiger charge is 2.21. The standard InChI is InChI=1S/C18H18ClN3O/c19-13-7-5-12(6-8-13)9-10-20-17-16-14-3-1-2-4-15(14)23-18(16)22-11-21-17/h5-8,11H,1-4,9-10H2,(H,20,21,22). The van der Waals surface area contributed by atoms with E-state index in [1.807, 2.05) is 12.1 Å². The maximum absolute atomic E-state index is 5.92. The van der Waals surface area contributed by atoms with Gasteiger partial charge in [0.1, 0.15) is 17.9 Å². The van der Waals surface area contributed by atoms with Crippen LogP contribution in [-0.4, -0.2) is 16.5 Å². The van der Waals surface area contributed by atoms with E-state index in [-0.39, 0.29) is 0 Å². The van der Waals surface area contributed by atoms with E-state index < -0.39 is 0 Å². The van der Waals surface area contributed by atoms with E-state index in [9.17, 15) is 0 Å². The summed E-state index contributed by atoms with van der Waals surface area (Å²) in [5.41, 5.74) is 3.25. The second-order valence-corrected chi connectivity index (χ2v) is 6.35. The van der Waals surface area contributed by atoms with Gasteiger partial charge in [-0.1, -0.05) is 23.7 Å². The summed E-state index contributed by atoms with van der Waals surface area (Å²) in [6, 6.07) is 7.96. The number of furan rings is 1. The van der Waals surface area contributed by atoms with Gasteiger partial charge >= 0.3 is 0 Å². The van der Waals surface area contributed by atoms with Crippen molar-refractivity contribution < 1.29 is 4.42 Å². The molecule has 118 valence electrons. The van der Waals surface area contributed by atoms with Crippen molar-refractivity contribution in [2.24, 2.45) is 0 Å². The fraction of sp³-hybridized carbons (Fsp3) is 0.333. The van der Waals surface area contributed by atoms with Gasteiger partial charge in [0.25, 0.3) is 0 Å². The third-order valence-corrected chi connectivity index (χ3v) is 4.62. The zero-order chi connectivity index (χ0) is 15.6. The van der Waals surface area contributed by atoms with Gasteiger partial charge in [0, 0.05) is 23.6 Å². The minimum absolute atomic E-state index is 0.709. The second-order valence-electron chi connectivity index (χ2n) is 5.92. The molecule has 0 bridgehead atoms. The lowest BCUT2D eigenvalue weighted by Gasteiger charge is -2.10. The Balaban J connectivity index is 1.54. The number of aryl methyl sites for hydroxylation is 2. The summed E-state index contributed by atoms with van der Waals surface area (Å²) in [7, 11) is 0. The van der Waals surface area contributed by atoms with E-state index >= 15 is 0 Å². The Bertz CT molecular complexity index is 826. The molecule has 1 N–H and O–H groups in total. The molecule has 1 aromatic carbocycles. The molecule has 3 aromatic rings. The highest BCUT2D eigenvalue weighted by atomic mass is 35.5. The SMILES string of the molecule is Clc1ccc(CCNc2ncnc3oc4c(c23)CCCC4)cc1. The molecule has 4 nitrogen and oxygen atoms in total. The first-order chi connectivity index (χ1) is 11.3. The zero-order valence-electron chi connectivity index (χ0n) is 12.8. The van der Waals surface area contributed by atoms with Crippen molar-refractivity contribution in [1.29, 1.82) is 0 Å². The maximum atomic E-state index is 5.92. The number of nitrogens with one attached hydrogen (secondary N) is 1. The van der Waals surface area contributed by atoms with Crippen molar-refractivity contribution in [3.05, 3.63) is 52.5 Å². The average molecular weight is 328 g/mol.